The predicted octanol–water partition coefficient (Wildman–Crippen LogP) is 1.33. The number of hydrogen-bond acceptors (Lipinski definition) is 4. The van der Waals surface area contributed by atoms with Crippen LogP contribution in [0, 0.1) is 0 Å². The zero-order chi connectivity index (χ0) is 10.4. The highest BCUT2D eigenvalue weighted by Gasteiger charge is 2.09. The number of nitrogens with zero attached hydrogens (tertiary/aromatic N) is 2. The first-order valence-corrected chi connectivity index (χ1v) is 4.76. The molecule has 1 aromatic rings. The van der Waals surface area contributed by atoms with Crippen LogP contribution < -0.4 is 0 Å². The number of ether oxygens (including phenoxy) is 1. The van der Waals surface area contributed by atoms with Gasteiger partial charge in [0.15, 0.2) is 5.82 Å². The minimum absolute atomic E-state index is 0.193. The van der Waals surface area contributed by atoms with Crippen LogP contribution in [0.3, 0.4) is 0 Å². The van der Waals surface area contributed by atoms with Crippen molar-refractivity contribution in [1.82, 2.24) is 9.97 Å². The van der Waals surface area contributed by atoms with Gasteiger partial charge in [0.1, 0.15) is 6.10 Å². The molecule has 0 amide bonds. The fraction of sp³-hybridized carbons (Fsp3) is 0.600. The zero-order valence-corrected chi connectivity index (χ0v) is 8.55. The largest absolute Gasteiger partial charge is 0.385 e. The van der Waals surface area contributed by atoms with Gasteiger partial charge in [-0.05, 0) is 19.9 Å². The molecule has 0 saturated carbocycles. The highest BCUT2D eigenvalue weighted by atomic mass is 16.5. The van der Waals surface area contributed by atoms with Crippen LogP contribution in [-0.4, -0.2) is 27.8 Å². The van der Waals surface area contributed by atoms with Crippen molar-refractivity contribution in [1.29, 1.82) is 0 Å². The van der Waals surface area contributed by atoms with Crippen molar-refractivity contribution < 1.29 is 9.84 Å². The SMILES string of the molecule is CC(C)OCCC(O)c1ncccn1. The maximum absolute atomic E-state index is 9.63. The molecule has 0 radical (unpaired) electrons. The van der Waals surface area contributed by atoms with Crippen LogP contribution in [0.1, 0.15) is 32.2 Å². The molecule has 0 spiro atoms. The summed E-state index contributed by atoms with van der Waals surface area (Å²) in [7, 11) is 0. The Balaban J connectivity index is 2.32. The van der Waals surface area contributed by atoms with Gasteiger partial charge in [-0.15, -0.1) is 0 Å². The summed E-state index contributed by atoms with van der Waals surface area (Å²) in [6, 6.07) is 1.72. The van der Waals surface area contributed by atoms with Crippen molar-refractivity contribution in [2.24, 2.45) is 0 Å². The third-order valence-corrected chi connectivity index (χ3v) is 1.73. The van der Waals surface area contributed by atoms with Crippen molar-refractivity contribution in [3.63, 3.8) is 0 Å². The Kier molecular flexibility index (Phi) is 4.49. The first kappa shape index (κ1) is 11.1. The Morgan fingerprint density at radius 3 is 2.57 bits per heavy atom. The Labute approximate surface area is 84.0 Å². The molecule has 0 aliphatic carbocycles. The van der Waals surface area contributed by atoms with Crippen molar-refractivity contribution >= 4 is 0 Å². The first-order chi connectivity index (χ1) is 6.70. The van der Waals surface area contributed by atoms with Crippen LogP contribution in [0.4, 0.5) is 0 Å². The zero-order valence-electron chi connectivity index (χ0n) is 8.55. The maximum Gasteiger partial charge on any atom is 0.156 e. The normalized spacial score (nSPS) is 13.1. The van der Waals surface area contributed by atoms with Crippen molar-refractivity contribution in [3.05, 3.63) is 24.3 Å². The van der Waals surface area contributed by atoms with Crippen LogP contribution in [-0.2, 0) is 4.74 Å². The van der Waals surface area contributed by atoms with Gasteiger partial charge in [0, 0.05) is 25.4 Å². The topological polar surface area (TPSA) is 55.2 Å². The second-order valence-electron chi connectivity index (χ2n) is 3.33. The number of aromatic nitrogens is 2. The van der Waals surface area contributed by atoms with E-state index in [1.54, 1.807) is 18.5 Å². The minimum atomic E-state index is -0.630. The summed E-state index contributed by atoms with van der Waals surface area (Å²) in [6.45, 7) is 4.45. The fourth-order valence-electron chi connectivity index (χ4n) is 1.03. The summed E-state index contributed by atoms with van der Waals surface area (Å²) < 4.78 is 5.32. The lowest BCUT2D eigenvalue weighted by atomic mass is 10.2. The van der Waals surface area contributed by atoms with Crippen LogP contribution in [0.5, 0.6) is 0 Å². The van der Waals surface area contributed by atoms with E-state index < -0.39 is 6.10 Å². The monoisotopic (exact) mass is 196 g/mol. The van der Waals surface area contributed by atoms with E-state index in [0.29, 0.717) is 18.9 Å². The number of aliphatic hydroxyl groups is 1. The number of rotatable bonds is 5. The molecule has 4 heteroatoms. The molecule has 78 valence electrons. The quantitative estimate of drug-likeness (QED) is 0.771. The van der Waals surface area contributed by atoms with Crippen LogP contribution >= 0.6 is 0 Å². The van der Waals surface area contributed by atoms with Gasteiger partial charge in [-0.3, -0.25) is 0 Å². The lowest BCUT2D eigenvalue weighted by Crippen LogP contribution is -2.10. The summed E-state index contributed by atoms with van der Waals surface area (Å²) in [5.41, 5.74) is 0. The van der Waals surface area contributed by atoms with Gasteiger partial charge in [-0.2, -0.15) is 0 Å². The van der Waals surface area contributed by atoms with E-state index in [9.17, 15) is 5.11 Å². The summed E-state index contributed by atoms with van der Waals surface area (Å²) >= 11 is 0. The molecule has 1 heterocycles. The molecule has 14 heavy (non-hydrogen) atoms. The van der Waals surface area contributed by atoms with Crippen LogP contribution in [0.25, 0.3) is 0 Å². The molecule has 0 saturated heterocycles. The van der Waals surface area contributed by atoms with Gasteiger partial charge in [0.2, 0.25) is 0 Å². The second-order valence-corrected chi connectivity index (χ2v) is 3.33. The Morgan fingerprint density at radius 1 is 1.36 bits per heavy atom. The van der Waals surface area contributed by atoms with Crippen LogP contribution in [0.2, 0.25) is 0 Å². The Hall–Kier alpha value is -1.00. The minimum Gasteiger partial charge on any atom is -0.385 e. The Morgan fingerprint density at radius 2 is 2.00 bits per heavy atom. The molecule has 0 bridgehead atoms. The Bertz CT molecular complexity index is 252. The van der Waals surface area contributed by atoms with Gasteiger partial charge < -0.3 is 9.84 Å². The molecular weight excluding hydrogens is 180 g/mol. The molecule has 1 atom stereocenters. The fourth-order valence-corrected chi connectivity index (χ4v) is 1.03. The standard InChI is InChI=1S/C10H16N2O2/c1-8(2)14-7-4-9(13)10-11-5-3-6-12-10/h3,5-6,8-9,13H,4,7H2,1-2H3. The molecule has 1 rings (SSSR count). The van der Waals surface area contributed by atoms with Gasteiger partial charge in [-0.1, -0.05) is 0 Å². The molecule has 0 aliphatic rings. The van der Waals surface area contributed by atoms with Gasteiger partial charge >= 0.3 is 0 Å². The highest BCUT2D eigenvalue weighted by molar-refractivity contribution is 4.92. The molecule has 1 aromatic heterocycles. The van der Waals surface area contributed by atoms with E-state index in [-0.39, 0.29) is 6.10 Å². The third kappa shape index (κ3) is 3.81. The smallest absolute Gasteiger partial charge is 0.156 e. The lowest BCUT2D eigenvalue weighted by molar-refractivity contribution is 0.0442. The third-order valence-electron chi connectivity index (χ3n) is 1.73. The van der Waals surface area contributed by atoms with Gasteiger partial charge in [0.05, 0.1) is 6.10 Å². The highest BCUT2D eigenvalue weighted by Crippen LogP contribution is 2.10. The molecule has 0 aromatic carbocycles. The summed E-state index contributed by atoms with van der Waals surface area (Å²) in [5.74, 6) is 0.458. The molecular formula is C10H16N2O2. The number of aliphatic hydroxyl groups excluding tert-OH is 1. The van der Waals surface area contributed by atoms with E-state index in [2.05, 4.69) is 9.97 Å². The lowest BCUT2D eigenvalue weighted by Gasteiger charge is -2.10. The average Bonchev–Trinajstić information content (AvgIpc) is 2.18. The summed E-state index contributed by atoms with van der Waals surface area (Å²) in [5, 5.41) is 9.63. The maximum atomic E-state index is 9.63. The van der Waals surface area contributed by atoms with Crippen molar-refractivity contribution in [3.8, 4) is 0 Å². The molecule has 4 nitrogen and oxygen atoms in total. The summed E-state index contributed by atoms with van der Waals surface area (Å²) in [6.07, 6.45) is 3.33. The van der Waals surface area contributed by atoms with Crippen molar-refractivity contribution in [2.45, 2.75) is 32.5 Å². The van der Waals surface area contributed by atoms with E-state index in [1.807, 2.05) is 13.8 Å². The van der Waals surface area contributed by atoms with E-state index in [1.165, 1.54) is 0 Å². The van der Waals surface area contributed by atoms with E-state index >= 15 is 0 Å². The van der Waals surface area contributed by atoms with Gasteiger partial charge in [-0.25, -0.2) is 9.97 Å². The van der Waals surface area contributed by atoms with E-state index in [4.69, 9.17) is 4.74 Å². The van der Waals surface area contributed by atoms with Gasteiger partial charge in [0.25, 0.3) is 0 Å². The predicted molar refractivity (Wildman–Crippen MR) is 52.7 cm³/mol. The first-order valence-electron chi connectivity index (χ1n) is 4.76. The average molecular weight is 196 g/mol. The second kappa shape index (κ2) is 5.67. The molecule has 1 N–H and O–H groups in total. The number of hydrogen-bond donors (Lipinski definition) is 1. The van der Waals surface area contributed by atoms with Crippen molar-refractivity contribution in [2.75, 3.05) is 6.61 Å². The van der Waals surface area contributed by atoms with Crippen LogP contribution in [0.15, 0.2) is 18.5 Å². The molecule has 0 aliphatic heterocycles. The van der Waals surface area contributed by atoms with E-state index in [0.717, 1.165) is 0 Å². The summed E-state index contributed by atoms with van der Waals surface area (Å²) in [4.78, 5) is 7.92. The molecule has 0 fully saturated rings. The molecule has 1 unspecified atom stereocenters.